The number of hydrogen-bond donors (Lipinski definition) is 2. The molecule has 1 amide bonds. The van der Waals surface area contributed by atoms with Crippen LogP contribution in [0.2, 0.25) is 0 Å². The van der Waals surface area contributed by atoms with E-state index in [0.29, 0.717) is 6.54 Å². The molecule has 5 heteroatoms. The van der Waals surface area contributed by atoms with Crippen LogP contribution in [0.25, 0.3) is 0 Å². The molecule has 0 saturated carbocycles. The summed E-state index contributed by atoms with van der Waals surface area (Å²) in [5.41, 5.74) is 5.10. The molecule has 0 aliphatic carbocycles. The van der Waals surface area contributed by atoms with Gasteiger partial charge in [-0.05, 0) is 6.42 Å². The van der Waals surface area contributed by atoms with Crippen LogP contribution in [0.1, 0.15) is 6.42 Å². The average molecular weight is 184 g/mol. The number of likely N-dealkylation sites (tertiary alicyclic amines) is 1. The number of aliphatic carboxylic acids is 1. The quantitative estimate of drug-likeness (QED) is 0.559. The van der Waals surface area contributed by atoms with Crippen LogP contribution in [0.15, 0.2) is 12.2 Å². The summed E-state index contributed by atoms with van der Waals surface area (Å²) >= 11 is 0. The number of hydrogen-bond acceptors (Lipinski definition) is 3. The number of carbonyl (C=O) groups is 2. The minimum absolute atomic E-state index is 0.210. The highest BCUT2D eigenvalue weighted by molar-refractivity contribution is 5.81. The topological polar surface area (TPSA) is 83.6 Å². The van der Waals surface area contributed by atoms with E-state index in [1.165, 1.54) is 6.08 Å². The maximum absolute atomic E-state index is 10.7. The van der Waals surface area contributed by atoms with E-state index in [1.54, 1.807) is 0 Å². The second kappa shape index (κ2) is 4.04. The van der Waals surface area contributed by atoms with Crippen molar-refractivity contribution in [1.29, 1.82) is 0 Å². The zero-order chi connectivity index (χ0) is 9.84. The van der Waals surface area contributed by atoms with Gasteiger partial charge < -0.3 is 10.8 Å². The lowest BCUT2D eigenvalue weighted by atomic mass is 10.0. The van der Waals surface area contributed by atoms with E-state index in [0.717, 1.165) is 19.0 Å². The molecule has 0 bridgehead atoms. The molecule has 1 rings (SSSR count). The van der Waals surface area contributed by atoms with Gasteiger partial charge in [-0.1, -0.05) is 6.08 Å². The van der Waals surface area contributed by atoms with Crippen LogP contribution >= 0.6 is 0 Å². The first-order chi connectivity index (χ1) is 6.11. The first-order valence-electron chi connectivity index (χ1n) is 4.04. The maximum Gasteiger partial charge on any atom is 0.328 e. The number of carboxylic acid groups (broad SMARTS) is 1. The van der Waals surface area contributed by atoms with Crippen LogP contribution in [-0.2, 0) is 9.59 Å². The fourth-order valence-corrected chi connectivity index (χ4v) is 1.27. The smallest absolute Gasteiger partial charge is 0.328 e. The third kappa shape index (κ3) is 2.55. The molecule has 72 valence electrons. The summed E-state index contributed by atoms with van der Waals surface area (Å²) in [6.07, 6.45) is 3.35. The van der Waals surface area contributed by atoms with E-state index in [2.05, 4.69) is 0 Å². The molecule has 5 nitrogen and oxygen atoms in total. The molecular weight excluding hydrogens is 172 g/mol. The van der Waals surface area contributed by atoms with Gasteiger partial charge in [-0.15, -0.1) is 0 Å². The highest BCUT2D eigenvalue weighted by atomic mass is 16.4. The molecule has 1 aliphatic rings. The average Bonchev–Trinajstić information content (AvgIpc) is 1.93. The van der Waals surface area contributed by atoms with Crippen LogP contribution in [0, 0.1) is 0 Å². The number of carbonyl (C=O) groups excluding carboxylic acids is 1. The van der Waals surface area contributed by atoms with Gasteiger partial charge in [0.15, 0.2) is 0 Å². The SMILES string of the molecule is NC(=O)C1CCN1C/C=C/C(=O)O. The maximum atomic E-state index is 10.7. The molecule has 0 aromatic rings. The summed E-state index contributed by atoms with van der Waals surface area (Å²) in [6.45, 7) is 1.28. The molecular formula is C8H12N2O3. The largest absolute Gasteiger partial charge is 0.478 e. The Bertz CT molecular complexity index is 250. The van der Waals surface area contributed by atoms with Gasteiger partial charge in [0.05, 0.1) is 6.04 Å². The molecule has 0 spiro atoms. The van der Waals surface area contributed by atoms with Crippen LogP contribution in [0.5, 0.6) is 0 Å². The number of carboxylic acids is 1. The molecule has 13 heavy (non-hydrogen) atoms. The molecule has 0 radical (unpaired) electrons. The highest BCUT2D eigenvalue weighted by Gasteiger charge is 2.31. The van der Waals surface area contributed by atoms with E-state index >= 15 is 0 Å². The Morgan fingerprint density at radius 2 is 2.31 bits per heavy atom. The number of nitrogens with zero attached hydrogens (tertiary/aromatic N) is 1. The van der Waals surface area contributed by atoms with Crippen molar-refractivity contribution in [3.05, 3.63) is 12.2 Å². The summed E-state index contributed by atoms with van der Waals surface area (Å²) < 4.78 is 0. The van der Waals surface area contributed by atoms with E-state index < -0.39 is 5.97 Å². The zero-order valence-corrected chi connectivity index (χ0v) is 7.14. The van der Waals surface area contributed by atoms with Crippen LogP contribution < -0.4 is 5.73 Å². The normalized spacial score (nSPS) is 22.9. The van der Waals surface area contributed by atoms with Gasteiger partial charge in [0.1, 0.15) is 0 Å². The third-order valence-corrected chi connectivity index (χ3v) is 2.06. The Hall–Kier alpha value is -1.36. The second-order valence-electron chi connectivity index (χ2n) is 2.94. The fraction of sp³-hybridized carbons (Fsp3) is 0.500. The lowest BCUT2D eigenvalue weighted by Gasteiger charge is -2.37. The predicted molar refractivity (Wildman–Crippen MR) is 45.9 cm³/mol. The highest BCUT2D eigenvalue weighted by Crippen LogP contribution is 2.15. The first-order valence-corrected chi connectivity index (χ1v) is 4.04. The van der Waals surface area contributed by atoms with Gasteiger partial charge in [0.2, 0.25) is 5.91 Å². The van der Waals surface area contributed by atoms with Gasteiger partial charge >= 0.3 is 5.97 Å². The van der Waals surface area contributed by atoms with Crippen molar-refractivity contribution < 1.29 is 14.7 Å². The van der Waals surface area contributed by atoms with E-state index in [4.69, 9.17) is 10.8 Å². The number of rotatable bonds is 4. The van der Waals surface area contributed by atoms with Gasteiger partial charge in [-0.3, -0.25) is 9.69 Å². The van der Waals surface area contributed by atoms with Crippen LogP contribution in [0.3, 0.4) is 0 Å². The van der Waals surface area contributed by atoms with Crippen LogP contribution in [0.4, 0.5) is 0 Å². The molecule has 1 heterocycles. The Kier molecular flexibility index (Phi) is 3.02. The van der Waals surface area contributed by atoms with E-state index in [9.17, 15) is 9.59 Å². The monoisotopic (exact) mass is 184 g/mol. The molecule has 1 atom stereocenters. The first kappa shape index (κ1) is 9.73. The predicted octanol–water partition coefficient (Wildman–Crippen LogP) is -0.813. The standard InChI is InChI=1S/C8H12N2O3/c9-8(13)6-3-5-10(6)4-1-2-7(11)12/h1-2,6H,3-5H2,(H2,9,13)(H,11,12)/b2-1+. The molecule has 0 aromatic heterocycles. The molecule has 1 unspecified atom stereocenters. The van der Waals surface area contributed by atoms with Crippen molar-refractivity contribution in [3.63, 3.8) is 0 Å². The number of amides is 1. The second-order valence-corrected chi connectivity index (χ2v) is 2.94. The van der Waals surface area contributed by atoms with Gasteiger partial charge in [0, 0.05) is 19.2 Å². The Morgan fingerprint density at radius 3 is 2.69 bits per heavy atom. The van der Waals surface area contributed by atoms with Gasteiger partial charge in [-0.2, -0.15) is 0 Å². The summed E-state index contributed by atoms with van der Waals surface area (Å²) in [5.74, 6) is -1.31. The van der Waals surface area contributed by atoms with Gasteiger partial charge in [0.25, 0.3) is 0 Å². The van der Waals surface area contributed by atoms with E-state index in [1.807, 2.05) is 4.90 Å². The number of nitrogens with two attached hydrogens (primary N) is 1. The summed E-state index contributed by atoms with van der Waals surface area (Å²) in [4.78, 5) is 22.7. The Labute approximate surface area is 75.8 Å². The molecule has 1 saturated heterocycles. The van der Waals surface area contributed by atoms with Crippen molar-refractivity contribution in [2.45, 2.75) is 12.5 Å². The molecule has 3 N–H and O–H groups in total. The van der Waals surface area contributed by atoms with Crippen molar-refractivity contribution in [1.82, 2.24) is 4.90 Å². The summed E-state index contributed by atoms with van der Waals surface area (Å²) in [5, 5.41) is 8.30. The van der Waals surface area contributed by atoms with Crippen LogP contribution in [-0.4, -0.2) is 41.0 Å². The molecule has 0 aromatic carbocycles. The third-order valence-electron chi connectivity index (χ3n) is 2.06. The van der Waals surface area contributed by atoms with Crippen molar-refractivity contribution in [3.8, 4) is 0 Å². The minimum atomic E-state index is -0.976. The Morgan fingerprint density at radius 1 is 1.62 bits per heavy atom. The van der Waals surface area contributed by atoms with Crippen molar-refractivity contribution >= 4 is 11.9 Å². The van der Waals surface area contributed by atoms with Crippen molar-refractivity contribution in [2.24, 2.45) is 5.73 Å². The van der Waals surface area contributed by atoms with Crippen molar-refractivity contribution in [2.75, 3.05) is 13.1 Å². The summed E-state index contributed by atoms with van der Waals surface area (Å²) in [6, 6.07) is -0.210. The lowest BCUT2D eigenvalue weighted by Crippen LogP contribution is -2.54. The van der Waals surface area contributed by atoms with Gasteiger partial charge in [-0.25, -0.2) is 4.79 Å². The minimum Gasteiger partial charge on any atom is -0.478 e. The fourth-order valence-electron chi connectivity index (χ4n) is 1.27. The molecule has 1 fully saturated rings. The summed E-state index contributed by atoms with van der Waals surface area (Å²) in [7, 11) is 0. The number of primary amides is 1. The van der Waals surface area contributed by atoms with E-state index in [-0.39, 0.29) is 11.9 Å². The lowest BCUT2D eigenvalue weighted by molar-refractivity contribution is -0.131. The zero-order valence-electron chi connectivity index (χ0n) is 7.14. The molecule has 1 aliphatic heterocycles. The Balaban J connectivity index is 2.30.